The van der Waals surface area contributed by atoms with E-state index in [4.69, 9.17) is 0 Å². The van der Waals surface area contributed by atoms with Crippen molar-refractivity contribution in [3.63, 3.8) is 0 Å². The van der Waals surface area contributed by atoms with Crippen LogP contribution in [-0.4, -0.2) is 22.6 Å². The molecule has 1 atom stereocenters. The molecule has 5 aromatic rings. The van der Waals surface area contributed by atoms with E-state index < -0.39 is 22.0 Å². The summed E-state index contributed by atoms with van der Waals surface area (Å²) < 4.78 is 0. The first kappa shape index (κ1) is 32.4. The summed E-state index contributed by atoms with van der Waals surface area (Å²) >= 11 is 1.32. The maximum atomic E-state index is 13.5. The van der Waals surface area contributed by atoms with Gasteiger partial charge in [0.25, 0.3) is 17.5 Å². The van der Waals surface area contributed by atoms with Crippen molar-refractivity contribution in [2.45, 2.75) is 17.1 Å². The molecule has 47 heavy (non-hydrogen) atoms. The SMILES string of the molecule is Cc1ccccc1/C=C(\NC(=O)c1ccccc1)C(=O)Nc1ccc(SC(C(=O)Nc2ccc([N+](=O)[O-])cc2)c2ccccc2)cc1. The van der Waals surface area contributed by atoms with Crippen molar-refractivity contribution in [1.29, 1.82) is 0 Å². The molecular weight excluding hydrogens is 612 g/mol. The number of carbonyl (C=O) groups is 3. The Labute approximate surface area is 275 Å². The van der Waals surface area contributed by atoms with Gasteiger partial charge in [-0.1, -0.05) is 72.8 Å². The summed E-state index contributed by atoms with van der Waals surface area (Å²) in [5.41, 5.74) is 3.87. The van der Waals surface area contributed by atoms with Crippen LogP contribution in [0.4, 0.5) is 17.1 Å². The van der Waals surface area contributed by atoms with Crippen molar-refractivity contribution >= 4 is 52.6 Å². The molecule has 0 heterocycles. The van der Waals surface area contributed by atoms with E-state index in [0.717, 1.165) is 21.6 Å². The number of thioether (sulfide) groups is 1. The van der Waals surface area contributed by atoms with E-state index in [1.54, 1.807) is 54.6 Å². The summed E-state index contributed by atoms with van der Waals surface area (Å²) in [6.07, 6.45) is 1.64. The van der Waals surface area contributed by atoms with Crippen molar-refractivity contribution in [3.8, 4) is 0 Å². The van der Waals surface area contributed by atoms with Gasteiger partial charge in [0, 0.05) is 34.0 Å². The van der Waals surface area contributed by atoms with Crippen molar-refractivity contribution in [2.24, 2.45) is 0 Å². The van der Waals surface area contributed by atoms with E-state index in [1.165, 1.54) is 36.0 Å². The second-order valence-electron chi connectivity index (χ2n) is 10.4. The number of nitrogens with zero attached hydrogens (tertiary/aromatic N) is 1. The van der Waals surface area contributed by atoms with Crippen molar-refractivity contribution in [2.75, 3.05) is 10.6 Å². The second-order valence-corrected chi connectivity index (χ2v) is 11.6. The zero-order valence-corrected chi connectivity index (χ0v) is 26.1. The highest BCUT2D eigenvalue weighted by atomic mass is 32.2. The highest BCUT2D eigenvalue weighted by Gasteiger charge is 2.23. The lowest BCUT2D eigenvalue weighted by molar-refractivity contribution is -0.384. The fourth-order valence-corrected chi connectivity index (χ4v) is 5.60. The summed E-state index contributed by atoms with van der Waals surface area (Å²) in [6.45, 7) is 1.92. The van der Waals surface area contributed by atoms with Gasteiger partial charge in [-0.3, -0.25) is 24.5 Å². The van der Waals surface area contributed by atoms with Gasteiger partial charge in [0.15, 0.2) is 0 Å². The lowest BCUT2D eigenvalue weighted by atomic mass is 10.1. The van der Waals surface area contributed by atoms with Crippen LogP contribution < -0.4 is 16.0 Å². The molecule has 0 bridgehead atoms. The molecule has 0 radical (unpaired) electrons. The molecule has 0 aromatic heterocycles. The highest BCUT2D eigenvalue weighted by Crippen LogP contribution is 2.37. The Bertz CT molecular complexity index is 1910. The molecule has 5 aromatic carbocycles. The molecule has 0 fully saturated rings. The standard InChI is InChI=1S/C37H30N4O5S/c1-25-10-8-9-15-28(25)24-33(40-35(42)27-13-6-3-7-14-27)36(43)38-30-18-22-32(23-19-30)47-34(26-11-4-2-5-12-26)37(44)39-29-16-20-31(21-17-29)41(45)46/h2-24,34H,1H3,(H,38,43)(H,39,44)(H,40,42)/b33-24-. The quantitative estimate of drug-likeness (QED) is 0.0584. The lowest BCUT2D eigenvalue weighted by Gasteiger charge is -2.17. The predicted octanol–water partition coefficient (Wildman–Crippen LogP) is 7.78. The lowest BCUT2D eigenvalue weighted by Crippen LogP contribution is -2.30. The topological polar surface area (TPSA) is 130 Å². The zero-order chi connectivity index (χ0) is 33.2. The van der Waals surface area contributed by atoms with Gasteiger partial charge >= 0.3 is 0 Å². The average Bonchev–Trinajstić information content (AvgIpc) is 3.09. The monoisotopic (exact) mass is 642 g/mol. The zero-order valence-electron chi connectivity index (χ0n) is 25.3. The molecule has 0 aliphatic heterocycles. The number of carbonyl (C=O) groups excluding carboxylic acids is 3. The molecule has 0 saturated carbocycles. The van der Waals surface area contributed by atoms with Crippen LogP contribution in [0.2, 0.25) is 0 Å². The fraction of sp³-hybridized carbons (Fsp3) is 0.0541. The molecule has 0 saturated heterocycles. The smallest absolute Gasteiger partial charge is 0.272 e. The molecule has 10 heteroatoms. The number of aryl methyl sites for hydroxylation is 1. The van der Waals surface area contributed by atoms with Gasteiger partial charge in [-0.15, -0.1) is 11.8 Å². The molecule has 5 rings (SSSR count). The predicted molar refractivity (Wildman–Crippen MR) is 185 cm³/mol. The van der Waals surface area contributed by atoms with E-state index in [2.05, 4.69) is 16.0 Å². The summed E-state index contributed by atoms with van der Waals surface area (Å²) in [4.78, 5) is 51.1. The first-order valence-corrected chi connectivity index (χ1v) is 15.5. The number of hydrogen-bond acceptors (Lipinski definition) is 6. The van der Waals surface area contributed by atoms with Crippen LogP contribution in [0.5, 0.6) is 0 Å². The van der Waals surface area contributed by atoms with E-state index in [1.807, 2.05) is 67.6 Å². The van der Waals surface area contributed by atoms with Crippen molar-refractivity contribution in [1.82, 2.24) is 5.32 Å². The van der Waals surface area contributed by atoms with Crippen molar-refractivity contribution in [3.05, 3.63) is 172 Å². The average molecular weight is 643 g/mol. The van der Waals surface area contributed by atoms with Crippen LogP contribution >= 0.6 is 11.8 Å². The minimum atomic E-state index is -0.635. The highest BCUT2D eigenvalue weighted by molar-refractivity contribution is 8.00. The number of amides is 3. The molecule has 0 aliphatic carbocycles. The largest absolute Gasteiger partial charge is 0.325 e. The fourth-order valence-electron chi connectivity index (χ4n) is 4.57. The number of nitro groups is 1. The minimum absolute atomic E-state index is 0.0690. The number of nitro benzene ring substituents is 1. The Balaban J connectivity index is 1.32. The number of anilines is 2. The molecule has 0 spiro atoms. The molecule has 1 unspecified atom stereocenters. The number of hydrogen-bond donors (Lipinski definition) is 3. The van der Waals surface area contributed by atoms with Crippen LogP contribution in [0, 0.1) is 17.0 Å². The number of non-ortho nitro benzene ring substituents is 1. The maximum Gasteiger partial charge on any atom is 0.272 e. The third-order valence-corrected chi connectivity index (χ3v) is 8.34. The van der Waals surface area contributed by atoms with Gasteiger partial charge in [-0.2, -0.15) is 0 Å². The minimum Gasteiger partial charge on any atom is -0.325 e. The van der Waals surface area contributed by atoms with Crippen LogP contribution in [0.1, 0.15) is 32.3 Å². The van der Waals surface area contributed by atoms with Crippen LogP contribution in [0.15, 0.2) is 144 Å². The number of nitrogens with one attached hydrogen (secondary N) is 3. The third kappa shape index (κ3) is 8.80. The molecule has 234 valence electrons. The van der Waals surface area contributed by atoms with Gasteiger partial charge in [0.2, 0.25) is 5.91 Å². The van der Waals surface area contributed by atoms with Crippen LogP contribution in [0.3, 0.4) is 0 Å². The molecule has 3 amide bonds. The van der Waals surface area contributed by atoms with E-state index >= 15 is 0 Å². The molecule has 3 N–H and O–H groups in total. The second kappa shape index (κ2) is 15.3. The maximum absolute atomic E-state index is 13.5. The van der Waals surface area contributed by atoms with E-state index in [9.17, 15) is 24.5 Å². The Morgan fingerprint density at radius 1 is 0.723 bits per heavy atom. The van der Waals surface area contributed by atoms with Gasteiger partial charge in [-0.05, 0) is 78.2 Å². The van der Waals surface area contributed by atoms with Gasteiger partial charge in [0.05, 0.1) is 4.92 Å². The Morgan fingerprint density at radius 3 is 1.94 bits per heavy atom. The van der Waals surface area contributed by atoms with Crippen LogP contribution in [0.25, 0.3) is 6.08 Å². The summed E-state index contributed by atoms with van der Waals surface area (Å²) in [6, 6.07) is 38.1. The van der Waals surface area contributed by atoms with E-state index in [0.29, 0.717) is 16.9 Å². The normalized spacial score (nSPS) is 11.6. The summed E-state index contributed by atoms with van der Waals surface area (Å²) in [5.74, 6) is -1.21. The first-order chi connectivity index (χ1) is 22.8. The van der Waals surface area contributed by atoms with Gasteiger partial charge in [-0.25, -0.2) is 0 Å². The summed E-state index contributed by atoms with van der Waals surface area (Å²) in [7, 11) is 0. The van der Waals surface area contributed by atoms with Gasteiger partial charge < -0.3 is 16.0 Å². The third-order valence-electron chi connectivity index (χ3n) is 7.07. The Hall–Kier alpha value is -6.00. The molecule has 9 nitrogen and oxygen atoms in total. The van der Waals surface area contributed by atoms with Gasteiger partial charge in [0.1, 0.15) is 10.9 Å². The van der Waals surface area contributed by atoms with E-state index in [-0.39, 0.29) is 17.3 Å². The Kier molecular flexibility index (Phi) is 10.6. The first-order valence-electron chi connectivity index (χ1n) is 14.6. The summed E-state index contributed by atoms with van der Waals surface area (Å²) in [5, 5.41) is 18.8. The van der Waals surface area contributed by atoms with Crippen molar-refractivity contribution < 1.29 is 19.3 Å². The number of benzene rings is 5. The molecular formula is C37H30N4O5S. The Morgan fingerprint density at radius 2 is 1.30 bits per heavy atom. The van der Waals surface area contributed by atoms with Crippen LogP contribution in [-0.2, 0) is 9.59 Å². The number of rotatable bonds is 11. The molecule has 0 aliphatic rings.